The van der Waals surface area contributed by atoms with Crippen molar-refractivity contribution in [2.45, 2.75) is 25.5 Å². The Morgan fingerprint density at radius 2 is 2.08 bits per heavy atom. The average molecular weight is 346 g/mol. The van der Waals surface area contributed by atoms with Gasteiger partial charge >= 0.3 is 0 Å². The minimum atomic E-state index is -0.640. The third-order valence-electron chi connectivity index (χ3n) is 4.19. The summed E-state index contributed by atoms with van der Waals surface area (Å²) in [5.41, 5.74) is 0.537. The third-order valence-corrected chi connectivity index (χ3v) is 4.19. The van der Waals surface area contributed by atoms with Crippen LogP contribution in [0.25, 0.3) is 0 Å². The van der Waals surface area contributed by atoms with Gasteiger partial charge in [-0.3, -0.25) is 4.79 Å². The number of aromatic nitrogens is 3. The largest absolute Gasteiger partial charge is 0.493 e. The van der Waals surface area contributed by atoms with E-state index in [0.29, 0.717) is 43.3 Å². The molecule has 1 aliphatic rings. The van der Waals surface area contributed by atoms with Gasteiger partial charge in [0.2, 0.25) is 5.91 Å². The number of aliphatic hydroxyl groups is 1. The van der Waals surface area contributed by atoms with Crippen molar-refractivity contribution in [3.05, 3.63) is 36.2 Å². The van der Waals surface area contributed by atoms with Gasteiger partial charge < -0.3 is 19.5 Å². The topological polar surface area (TPSA) is 89.7 Å². The maximum Gasteiger partial charge on any atom is 0.226 e. The zero-order valence-corrected chi connectivity index (χ0v) is 14.3. The molecule has 1 fully saturated rings. The molecular weight excluding hydrogens is 324 g/mol. The zero-order chi connectivity index (χ0) is 17.8. The van der Waals surface area contributed by atoms with Crippen LogP contribution in [-0.4, -0.2) is 57.7 Å². The summed E-state index contributed by atoms with van der Waals surface area (Å²) in [6.45, 7) is 3.13. The highest BCUT2D eigenvalue weighted by atomic mass is 16.5. The zero-order valence-electron chi connectivity index (χ0n) is 14.3. The molecule has 134 valence electrons. The minimum absolute atomic E-state index is 0.0435. The first kappa shape index (κ1) is 17.2. The van der Waals surface area contributed by atoms with Gasteiger partial charge in [0.25, 0.3) is 0 Å². The van der Waals surface area contributed by atoms with E-state index in [2.05, 4.69) is 10.3 Å². The van der Waals surface area contributed by atoms with Crippen LogP contribution in [0.15, 0.2) is 30.5 Å². The number of hydrogen-bond donors (Lipinski definition) is 1. The van der Waals surface area contributed by atoms with Gasteiger partial charge in [0.1, 0.15) is 5.69 Å². The van der Waals surface area contributed by atoms with Crippen molar-refractivity contribution < 1.29 is 19.4 Å². The maximum atomic E-state index is 12.2. The van der Waals surface area contributed by atoms with Crippen molar-refractivity contribution in [1.82, 2.24) is 19.9 Å². The molecule has 2 aromatic rings. The lowest BCUT2D eigenvalue weighted by Crippen LogP contribution is -2.51. The van der Waals surface area contributed by atoms with Crippen molar-refractivity contribution in [3.63, 3.8) is 0 Å². The van der Waals surface area contributed by atoms with Gasteiger partial charge in [0.15, 0.2) is 11.5 Å². The Kier molecular flexibility index (Phi) is 5.18. The molecule has 1 atom stereocenters. The van der Waals surface area contributed by atoms with Crippen LogP contribution < -0.4 is 9.47 Å². The molecule has 0 bridgehead atoms. The number of benzene rings is 1. The lowest BCUT2D eigenvalue weighted by molar-refractivity contribution is -0.137. The molecule has 1 aromatic carbocycles. The normalized spacial score (nSPS) is 15.6. The molecule has 8 nitrogen and oxygen atoms in total. The Bertz CT molecular complexity index is 725. The van der Waals surface area contributed by atoms with E-state index >= 15 is 0 Å². The van der Waals surface area contributed by atoms with Crippen molar-refractivity contribution in [2.75, 3.05) is 26.8 Å². The van der Waals surface area contributed by atoms with E-state index in [1.807, 2.05) is 24.3 Å². The predicted octanol–water partition coefficient (Wildman–Crippen LogP) is 1.19. The summed E-state index contributed by atoms with van der Waals surface area (Å²) in [4.78, 5) is 14.0. The molecular formula is C17H22N4O4. The monoisotopic (exact) mass is 346 g/mol. The summed E-state index contributed by atoms with van der Waals surface area (Å²) >= 11 is 0. The lowest BCUT2D eigenvalue weighted by Gasteiger charge is -2.38. The molecule has 1 aromatic heterocycles. The van der Waals surface area contributed by atoms with Crippen LogP contribution >= 0.6 is 0 Å². The van der Waals surface area contributed by atoms with E-state index < -0.39 is 6.10 Å². The van der Waals surface area contributed by atoms with Gasteiger partial charge in [-0.1, -0.05) is 17.3 Å². The van der Waals surface area contributed by atoms with Crippen molar-refractivity contribution in [2.24, 2.45) is 0 Å². The number of likely N-dealkylation sites (tertiary alicyclic amines) is 1. The van der Waals surface area contributed by atoms with Crippen LogP contribution in [0, 0.1) is 0 Å². The van der Waals surface area contributed by atoms with E-state index in [4.69, 9.17) is 9.47 Å². The van der Waals surface area contributed by atoms with Crippen molar-refractivity contribution >= 4 is 5.91 Å². The molecule has 1 saturated heterocycles. The van der Waals surface area contributed by atoms with E-state index in [0.717, 1.165) is 0 Å². The van der Waals surface area contributed by atoms with E-state index in [1.54, 1.807) is 29.8 Å². The first-order valence-corrected chi connectivity index (χ1v) is 8.22. The van der Waals surface area contributed by atoms with Gasteiger partial charge in [-0.15, -0.1) is 5.10 Å². The molecule has 0 saturated carbocycles. The fourth-order valence-electron chi connectivity index (χ4n) is 2.63. The quantitative estimate of drug-likeness (QED) is 0.810. The minimum Gasteiger partial charge on any atom is -0.493 e. The van der Waals surface area contributed by atoms with Crippen molar-refractivity contribution in [1.29, 1.82) is 0 Å². The van der Waals surface area contributed by atoms with Gasteiger partial charge in [-0.2, -0.15) is 0 Å². The van der Waals surface area contributed by atoms with E-state index in [-0.39, 0.29) is 11.9 Å². The molecule has 0 radical (unpaired) electrons. The molecule has 8 heteroatoms. The number of methoxy groups -OCH3 is 1. The van der Waals surface area contributed by atoms with Crippen molar-refractivity contribution in [3.8, 4) is 11.5 Å². The molecule has 25 heavy (non-hydrogen) atoms. The van der Waals surface area contributed by atoms with Gasteiger partial charge in [-0.05, 0) is 19.1 Å². The second-order valence-electron chi connectivity index (χ2n) is 6.00. The SMILES string of the molecule is COc1ccccc1OCCC(=O)N1CC(n2cc(C(C)O)nn2)C1. The Morgan fingerprint density at radius 3 is 2.72 bits per heavy atom. The number of hydrogen-bond acceptors (Lipinski definition) is 6. The predicted molar refractivity (Wildman–Crippen MR) is 89.4 cm³/mol. The number of rotatable bonds is 7. The summed E-state index contributed by atoms with van der Waals surface area (Å²) in [5, 5.41) is 17.4. The van der Waals surface area contributed by atoms with Crippen LogP contribution in [0.5, 0.6) is 11.5 Å². The highest BCUT2D eigenvalue weighted by Gasteiger charge is 2.32. The summed E-state index contributed by atoms with van der Waals surface area (Å²) < 4.78 is 12.5. The number of carbonyl (C=O) groups is 1. The summed E-state index contributed by atoms with van der Waals surface area (Å²) in [6.07, 6.45) is 1.39. The molecule has 2 heterocycles. The second-order valence-corrected chi connectivity index (χ2v) is 6.00. The van der Waals surface area contributed by atoms with Gasteiger partial charge in [0, 0.05) is 13.1 Å². The number of aliphatic hydroxyl groups excluding tert-OH is 1. The Labute approximate surface area is 146 Å². The van der Waals surface area contributed by atoms with Crippen LogP contribution in [0.1, 0.15) is 31.2 Å². The summed E-state index contributed by atoms with van der Waals surface area (Å²) in [6, 6.07) is 7.47. The Hall–Kier alpha value is -2.61. The Balaban J connectivity index is 1.43. The van der Waals surface area contributed by atoms with Crippen LogP contribution in [0.4, 0.5) is 0 Å². The third kappa shape index (κ3) is 3.90. The van der Waals surface area contributed by atoms with Crippen LogP contribution in [0.2, 0.25) is 0 Å². The molecule has 1 unspecified atom stereocenters. The van der Waals surface area contributed by atoms with Gasteiger partial charge in [0.05, 0.1) is 38.5 Å². The first-order chi connectivity index (χ1) is 12.1. The lowest BCUT2D eigenvalue weighted by atomic mass is 10.1. The molecule has 1 N–H and O–H groups in total. The molecule has 1 amide bonds. The molecule has 0 spiro atoms. The maximum absolute atomic E-state index is 12.2. The van der Waals surface area contributed by atoms with Crippen LogP contribution in [0.3, 0.4) is 0 Å². The summed E-state index contributed by atoms with van der Waals surface area (Å²) in [7, 11) is 1.58. The average Bonchev–Trinajstić information content (AvgIpc) is 3.04. The van der Waals surface area contributed by atoms with E-state index in [1.165, 1.54) is 0 Å². The highest BCUT2D eigenvalue weighted by molar-refractivity contribution is 5.77. The second kappa shape index (κ2) is 7.52. The number of ether oxygens (including phenoxy) is 2. The number of nitrogens with zero attached hydrogens (tertiary/aromatic N) is 4. The molecule has 1 aliphatic heterocycles. The molecule has 0 aliphatic carbocycles. The first-order valence-electron chi connectivity index (χ1n) is 8.22. The highest BCUT2D eigenvalue weighted by Crippen LogP contribution is 2.26. The number of carbonyl (C=O) groups excluding carboxylic acids is 1. The van der Waals surface area contributed by atoms with Gasteiger partial charge in [-0.25, -0.2) is 4.68 Å². The summed E-state index contributed by atoms with van der Waals surface area (Å²) in [5.74, 6) is 1.33. The fourth-order valence-corrected chi connectivity index (χ4v) is 2.63. The Morgan fingerprint density at radius 1 is 1.36 bits per heavy atom. The van der Waals surface area contributed by atoms with E-state index in [9.17, 15) is 9.90 Å². The smallest absolute Gasteiger partial charge is 0.226 e. The molecule has 3 rings (SSSR count). The van der Waals surface area contributed by atoms with Crippen LogP contribution in [-0.2, 0) is 4.79 Å². The fraction of sp³-hybridized carbons (Fsp3) is 0.471. The number of para-hydroxylation sites is 2. The number of amides is 1. The standard InChI is InChI=1S/C17H22N4O4/c1-12(22)14-11-21(19-18-14)13-9-20(10-13)17(23)7-8-25-16-6-4-3-5-15(16)24-2/h3-6,11-13,22H,7-10H2,1-2H3.